The molecule has 1 aromatic heterocycles. The van der Waals surface area contributed by atoms with Gasteiger partial charge < -0.3 is 15.2 Å². The van der Waals surface area contributed by atoms with Gasteiger partial charge in [-0.3, -0.25) is 4.79 Å². The number of rotatable bonds is 7. The molecule has 0 saturated heterocycles. The molecule has 182 valence electrons. The molecule has 6 nitrogen and oxygen atoms in total. The minimum absolute atomic E-state index is 0.0370. The van der Waals surface area contributed by atoms with Gasteiger partial charge in [0.2, 0.25) is 6.54 Å². The molecule has 1 amide bonds. The second-order valence-corrected chi connectivity index (χ2v) is 8.27. The van der Waals surface area contributed by atoms with Crippen LogP contribution < -0.4 is 15.1 Å². The van der Waals surface area contributed by atoms with Gasteiger partial charge in [0.1, 0.15) is 5.97 Å². The number of alkyl halides is 3. The maximum absolute atomic E-state index is 12.4. The Balaban J connectivity index is 0.000000509. The third-order valence-electron chi connectivity index (χ3n) is 4.81. The van der Waals surface area contributed by atoms with Crippen molar-refractivity contribution in [1.82, 2.24) is 10.4 Å². The van der Waals surface area contributed by atoms with Crippen molar-refractivity contribution >= 4 is 35.1 Å². The highest BCUT2D eigenvalue weighted by Gasteiger charge is 2.28. The fourth-order valence-corrected chi connectivity index (χ4v) is 3.40. The quantitative estimate of drug-likeness (QED) is 0.472. The smallest absolute Gasteiger partial charge is 0.430 e. The van der Waals surface area contributed by atoms with Gasteiger partial charge in [-0.05, 0) is 48.7 Å². The molecular formula is C23H22Cl2F3N3O3. The van der Waals surface area contributed by atoms with E-state index in [9.17, 15) is 18.0 Å². The maximum atomic E-state index is 12.4. The van der Waals surface area contributed by atoms with Crippen molar-refractivity contribution in [2.45, 2.75) is 38.0 Å². The number of aromatic nitrogens is 2. The van der Waals surface area contributed by atoms with Gasteiger partial charge in [-0.15, -0.1) is 4.68 Å². The van der Waals surface area contributed by atoms with Crippen LogP contribution in [0.25, 0.3) is 0 Å². The lowest BCUT2D eigenvalue weighted by Crippen LogP contribution is -2.47. The summed E-state index contributed by atoms with van der Waals surface area (Å²) in [6.07, 6.45) is -0.793. The van der Waals surface area contributed by atoms with Gasteiger partial charge in [0.25, 0.3) is 5.91 Å². The minimum atomic E-state index is -5.19. The number of nitrogens with zero attached hydrogens (tertiary/aromatic N) is 1. The largest absolute Gasteiger partial charge is 0.542 e. The second kappa shape index (κ2) is 12.4. The van der Waals surface area contributed by atoms with Crippen LogP contribution >= 0.6 is 23.2 Å². The zero-order valence-corrected chi connectivity index (χ0v) is 19.5. The second-order valence-electron chi connectivity index (χ2n) is 7.40. The molecule has 0 unspecified atom stereocenters. The van der Waals surface area contributed by atoms with Crippen molar-refractivity contribution in [2.75, 3.05) is 0 Å². The van der Waals surface area contributed by atoms with Crippen LogP contribution in [0.2, 0.25) is 10.0 Å². The maximum Gasteiger partial charge on any atom is 0.430 e. The Morgan fingerprint density at radius 2 is 1.59 bits per heavy atom. The van der Waals surface area contributed by atoms with Crippen molar-refractivity contribution in [3.8, 4) is 0 Å². The Morgan fingerprint density at radius 3 is 2.06 bits per heavy atom. The van der Waals surface area contributed by atoms with Gasteiger partial charge in [-0.2, -0.15) is 18.3 Å². The SMILES string of the molecule is C[C@@H](NC(=O)C[n+]1ccc[nH]1)[C@H](Cc1ccc(Cl)cc1)c1ccc(Cl)cc1.O=C([O-])C(F)(F)F. The predicted molar refractivity (Wildman–Crippen MR) is 119 cm³/mol. The van der Waals surface area contributed by atoms with E-state index in [-0.39, 0.29) is 24.4 Å². The first-order valence-corrected chi connectivity index (χ1v) is 10.8. The van der Waals surface area contributed by atoms with Crippen LogP contribution in [0, 0.1) is 0 Å². The number of halogens is 5. The van der Waals surface area contributed by atoms with E-state index in [0.717, 1.165) is 12.0 Å². The van der Waals surface area contributed by atoms with E-state index in [4.69, 9.17) is 33.1 Å². The summed E-state index contributed by atoms with van der Waals surface area (Å²) >= 11 is 12.1. The van der Waals surface area contributed by atoms with E-state index in [1.165, 1.54) is 5.56 Å². The molecule has 2 atom stereocenters. The third kappa shape index (κ3) is 9.07. The molecule has 0 saturated carbocycles. The van der Waals surface area contributed by atoms with Crippen molar-refractivity contribution in [2.24, 2.45) is 0 Å². The number of amides is 1. The van der Waals surface area contributed by atoms with Crippen LogP contribution in [0.5, 0.6) is 0 Å². The number of hydrogen-bond acceptors (Lipinski definition) is 3. The number of hydrogen-bond donors (Lipinski definition) is 2. The summed E-state index contributed by atoms with van der Waals surface area (Å²) in [6, 6.07) is 17.4. The van der Waals surface area contributed by atoms with Gasteiger partial charge in [-0.25, -0.2) is 0 Å². The molecule has 0 bridgehead atoms. The molecule has 0 aliphatic carbocycles. The Hall–Kier alpha value is -3.04. The standard InChI is InChI=1S/C21H21Cl2N3O.C2HF3O2/c1-15(25-21(27)14-26-12-2-11-24-26)20(17-5-9-19(23)10-6-17)13-16-3-7-18(22)8-4-16;3-2(4,5)1(6)7/h2-12,15,20H,13-14H2,1H3,(H,25,27);(H,6,7)/t15-,20+;/m1./s1. The van der Waals surface area contributed by atoms with Gasteiger partial charge in [-0.1, -0.05) is 47.5 Å². The van der Waals surface area contributed by atoms with E-state index in [0.29, 0.717) is 10.0 Å². The van der Waals surface area contributed by atoms with Crippen LogP contribution in [0.3, 0.4) is 0 Å². The van der Waals surface area contributed by atoms with Gasteiger partial charge in [0.05, 0.1) is 6.20 Å². The molecule has 11 heteroatoms. The molecule has 3 aromatic rings. The summed E-state index contributed by atoms with van der Waals surface area (Å²) in [5.41, 5.74) is 2.30. The first kappa shape index (κ1) is 27.2. The number of carboxylic acid groups (broad SMARTS) is 1. The number of carboxylic acids is 1. The highest BCUT2D eigenvalue weighted by molar-refractivity contribution is 6.30. The number of aliphatic carboxylic acids is 1. The van der Waals surface area contributed by atoms with Gasteiger partial charge in [0, 0.05) is 28.1 Å². The van der Waals surface area contributed by atoms with E-state index >= 15 is 0 Å². The molecule has 3 rings (SSSR count). The molecule has 0 radical (unpaired) electrons. The fourth-order valence-electron chi connectivity index (χ4n) is 3.15. The molecule has 1 heterocycles. The van der Waals surface area contributed by atoms with E-state index in [2.05, 4.69) is 10.4 Å². The number of carbonyl (C=O) groups is 2. The zero-order valence-electron chi connectivity index (χ0n) is 18.0. The van der Waals surface area contributed by atoms with Crippen LogP contribution in [0.1, 0.15) is 24.0 Å². The Morgan fingerprint density at radius 1 is 1.06 bits per heavy atom. The van der Waals surface area contributed by atoms with Gasteiger partial charge >= 0.3 is 6.18 Å². The summed E-state index contributed by atoms with van der Waals surface area (Å²) in [7, 11) is 0. The first-order valence-electron chi connectivity index (χ1n) is 10.1. The normalized spacial score (nSPS) is 12.8. The summed E-state index contributed by atoms with van der Waals surface area (Å²) in [5, 5.41) is 16.3. The average Bonchev–Trinajstić information content (AvgIpc) is 3.26. The number of benzene rings is 2. The zero-order chi connectivity index (χ0) is 25.3. The lowest BCUT2D eigenvalue weighted by molar-refractivity contribution is -0.738. The van der Waals surface area contributed by atoms with Crippen molar-refractivity contribution in [3.05, 3.63) is 88.2 Å². The molecule has 2 aromatic carbocycles. The Kier molecular flexibility index (Phi) is 9.95. The predicted octanol–water partition coefficient (Wildman–Crippen LogP) is 3.44. The Labute approximate surface area is 204 Å². The first-order chi connectivity index (χ1) is 16.0. The third-order valence-corrected chi connectivity index (χ3v) is 5.31. The fraction of sp³-hybridized carbons (Fsp3) is 0.261. The van der Waals surface area contributed by atoms with E-state index in [1.54, 1.807) is 10.9 Å². The number of nitrogens with one attached hydrogen (secondary N) is 2. The van der Waals surface area contributed by atoms with E-state index < -0.39 is 12.1 Å². The summed E-state index contributed by atoms with van der Waals surface area (Å²) in [4.78, 5) is 21.2. The van der Waals surface area contributed by atoms with Crippen LogP contribution in [-0.4, -0.2) is 29.2 Å². The van der Waals surface area contributed by atoms with Crippen molar-refractivity contribution in [1.29, 1.82) is 0 Å². The average molecular weight is 516 g/mol. The summed E-state index contributed by atoms with van der Waals surface area (Å²) < 4.78 is 33.3. The molecule has 0 aliphatic heterocycles. The minimum Gasteiger partial charge on any atom is -0.542 e. The van der Waals surface area contributed by atoms with Crippen molar-refractivity contribution < 1.29 is 32.5 Å². The summed E-state index contributed by atoms with van der Waals surface area (Å²) in [6.45, 7) is 2.29. The molecular weight excluding hydrogens is 494 g/mol. The van der Waals surface area contributed by atoms with E-state index in [1.807, 2.05) is 67.7 Å². The van der Waals surface area contributed by atoms with Crippen LogP contribution in [0.4, 0.5) is 13.2 Å². The van der Waals surface area contributed by atoms with Gasteiger partial charge in [0.15, 0.2) is 6.20 Å². The highest BCUT2D eigenvalue weighted by Crippen LogP contribution is 2.26. The topological polar surface area (TPSA) is 88.9 Å². The highest BCUT2D eigenvalue weighted by atomic mass is 35.5. The Bertz CT molecular complexity index is 1060. The molecule has 2 N–H and O–H groups in total. The van der Waals surface area contributed by atoms with Crippen LogP contribution in [-0.2, 0) is 22.6 Å². The monoisotopic (exact) mass is 515 g/mol. The molecule has 0 fully saturated rings. The number of H-pyrrole nitrogens is 1. The molecule has 34 heavy (non-hydrogen) atoms. The molecule has 0 aliphatic rings. The summed E-state index contributed by atoms with van der Waals surface area (Å²) in [5.74, 6) is -2.93. The lowest BCUT2D eigenvalue weighted by Gasteiger charge is -2.25. The lowest BCUT2D eigenvalue weighted by atomic mass is 9.86. The number of carbonyl (C=O) groups excluding carboxylic acids is 2. The van der Waals surface area contributed by atoms with Crippen LogP contribution in [0.15, 0.2) is 67.0 Å². The number of aromatic amines is 1. The van der Waals surface area contributed by atoms with Crippen molar-refractivity contribution in [3.63, 3.8) is 0 Å². The molecule has 0 spiro atoms.